The Balaban J connectivity index is 1.42. The highest BCUT2D eigenvalue weighted by atomic mass is 16.5. The summed E-state index contributed by atoms with van der Waals surface area (Å²) in [5, 5.41) is 7.37. The molecule has 6 rings (SSSR count). The molecule has 212 valence electrons. The zero-order chi connectivity index (χ0) is 29.6. The van der Waals surface area contributed by atoms with Crippen molar-refractivity contribution in [3.63, 3.8) is 0 Å². The van der Waals surface area contributed by atoms with Crippen LogP contribution in [0.5, 0.6) is 0 Å². The summed E-state index contributed by atoms with van der Waals surface area (Å²) in [6, 6.07) is 47.9. The molecule has 0 aliphatic heterocycles. The van der Waals surface area contributed by atoms with Gasteiger partial charge in [0.15, 0.2) is 0 Å². The first kappa shape index (κ1) is 27.9. The zero-order valence-corrected chi connectivity index (χ0v) is 24.1. The summed E-state index contributed by atoms with van der Waals surface area (Å²) in [6.07, 6.45) is 0.407. The molecular formula is C39H33NO3. The van der Waals surface area contributed by atoms with Gasteiger partial charge in [0.2, 0.25) is 5.91 Å². The van der Waals surface area contributed by atoms with Crippen molar-refractivity contribution >= 4 is 33.4 Å². The van der Waals surface area contributed by atoms with Crippen molar-refractivity contribution in [3.05, 3.63) is 168 Å². The van der Waals surface area contributed by atoms with Crippen LogP contribution in [0.2, 0.25) is 0 Å². The smallest absolute Gasteiger partial charge is 0.328 e. The van der Waals surface area contributed by atoms with Crippen LogP contribution in [0.15, 0.2) is 146 Å². The first-order valence-electron chi connectivity index (χ1n) is 14.5. The number of methoxy groups -OCH3 is 1. The van der Waals surface area contributed by atoms with Gasteiger partial charge in [-0.1, -0.05) is 140 Å². The molecule has 4 nitrogen and oxygen atoms in total. The Morgan fingerprint density at radius 2 is 1.05 bits per heavy atom. The number of rotatable bonds is 9. The number of carbonyl (C=O) groups excluding carboxylic acids is 2. The molecule has 4 heteroatoms. The minimum Gasteiger partial charge on any atom is -0.467 e. The number of hydrogen-bond donors (Lipinski definition) is 1. The summed E-state index contributed by atoms with van der Waals surface area (Å²) in [6.45, 7) is 0. The Hall–Kier alpha value is -5.22. The van der Waals surface area contributed by atoms with Crippen LogP contribution in [0.3, 0.4) is 0 Å². The summed E-state index contributed by atoms with van der Waals surface area (Å²) >= 11 is 0. The van der Waals surface area contributed by atoms with Gasteiger partial charge >= 0.3 is 5.97 Å². The van der Waals surface area contributed by atoms with Gasteiger partial charge in [0.1, 0.15) is 6.04 Å². The van der Waals surface area contributed by atoms with Crippen LogP contribution >= 0.6 is 0 Å². The maximum Gasteiger partial charge on any atom is 0.328 e. The van der Waals surface area contributed by atoms with Gasteiger partial charge in [0.05, 0.1) is 12.5 Å². The molecule has 1 atom stereocenters. The monoisotopic (exact) mass is 563 g/mol. The van der Waals surface area contributed by atoms with Crippen LogP contribution in [-0.2, 0) is 26.2 Å². The molecular weight excluding hydrogens is 530 g/mol. The number of amides is 1. The second kappa shape index (κ2) is 12.3. The fraction of sp³-hybridized carbons (Fsp3) is 0.128. The van der Waals surface area contributed by atoms with Gasteiger partial charge in [-0.2, -0.15) is 0 Å². The largest absolute Gasteiger partial charge is 0.467 e. The number of benzene rings is 6. The van der Waals surface area contributed by atoms with Gasteiger partial charge in [-0.05, 0) is 49.9 Å². The number of nitrogens with one attached hydrogen (secondary N) is 1. The van der Waals surface area contributed by atoms with Crippen molar-refractivity contribution in [2.45, 2.75) is 24.3 Å². The van der Waals surface area contributed by atoms with Crippen LogP contribution < -0.4 is 5.32 Å². The van der Waals surface area contributed by atoms with Crippen molar-refractivity contribution < 1.29 is 14.3 Å². The molecule has 6 aromatic rings. The van der Waals surface area contributed by atoms with Crippen molar-refractivity contribution in [2.24, 2.45) is 0 Å². The minimum atomic E-state index is -0.869. The minimum absolute atomic E-state index is 0.106. The molecule has 0 spiro atoms. The molecule has 43 heavy (non-hydrogen) atoms. The molecule has 0 aromatic heterocycles. The van der Waals surface area contributed by atoms with E-state index in [0.717, 1.165) is 43.8 Å². The molecule has 0 saturated heterocycles. The van der Waals surface area contributed by atoms with Crippen molar-refractivity contribution in [2.75, 3.05) is 7.11 Å². The SMILES string of the molecule is COC(=O)[C@H](Cc1c2ccccc2cc2ccccc12)NC(=O)CC(c1ccccc1)(c1ccccc1)c1ccccc1. The summed E-state index contributed by atoms with van der Waals surface area (Å²) < 4.78 is 5.24. The van der Waals surface area contributed by atoms with E-state index in [1.807, 2.05) is 78.9 Å². The summed E-state index contributed by atoms with van der Waals surface area (Å²) in [7, 11) is 1.37. The lowest BCUT2D eigenvalue weighted by Crippen LogP contribution is -2.46. The van der Waals surface area contributed by atoms with E-state index >= 15 is 0 Å². The lowest BCUT2D eigenvalue weighted by atomic mass is 9.67. The van der Waals surface area contributed by atoms with Gasteiger partial charge in [0, 0.05) is 12.8 Å². The number of esters is 1. The van der Waals surface area contributed by atoms with E-state index < -0.39 is 17.4 Å². The topological polar surface area (TPSA) is 55.4 Å². The molecule has 0 aliphatic carbocycles. The Morgan fingerprint density at radius 3 is 1.49 bits per heavy atom. The number of carbonyl (C=O) groups is 2. The quantitative estimate of drug-likeness (QED) is 0.112. The third-order valence-electron chi connectivity index (χ3n) is 8.34. The summed E-state index contributed by atoms with van der Waals surface area (Å²) in [4.78, 5) is 27.5. The summed E-state index contributed by atoms with van der Waals surface area (Å²) in [5.74, 6) is -0.716. The highest BCUT2D eigenvalue weighted by Gasteiger charge is 2.39. The van der Waals surface area contributed by atoms with E-state index in [1.165, 1.54) is 7.11 Å². The van der Waals surface area contributed by atoms with E-state index in [4.69, 9.17) is 4.74 Å². The standard InChI is InChI=1S/C39H33NO3/c1-43-38(42)36(26-35-33-23-13-11-15-28(33)25-29-16-12-14-24-34(29)35)40-37(41)27-39(30-17-5-2-6-18-30,31-19-7-3-8-20-31)32-21-9-4-10-22-32/h2-25,36H,26-27H2,1H3,(H,40,41)/t36-/m0/s1. The molecule has 0 saturated carbocycles. The molecule has 1 amide bonds. The molecule has 1 N–H and O–H groups in total. The maximum absolute atomic E-state index is 14.2. The van der Waals surface area contributed by atoms with E-state index in [9.17, 15) is 9.59 Å². The Labute approximate surface area is 252 Å². The second-order valence-electron chi connectivity index (χ2n) is 10.8. The fourth-order valence-corrected chi connectivity index (χ4v) is 6.33. The predicted molar refractivity (Wildman–Crippen MR) is 173 cm³/mol. The summed E-state index contributed by atoms with van der Waals surface area (Å²) in [5.41, 5.74) is 3.22. The number of fused-ring (bicyclic) bond motifs is 2. The Bertz CT molecular complexity index is 1720. The van der Waals surface area contributed by atoms with Gasteiger partial charge in [0.25, 0.3) is 0 Å². The van der Waals surface area contributed by atoms with Crippen LogP contribution in [0, 0.1) is 0 Å². The zero-order valence-electron chi connectivity index (χ0n) is 24.1. The fourth-order valence-electron chi connectivity index (χ4n) is 6.33. The molecule has 0 radical (unpaired) electrons. The van der Waals surface area contributed by atoms with Gasteiger partial charge in [-0.15, -0.1) is 0 Å². The first-order chi connectivity index (χ1) is 21.1. The van der Waals surface area contributed by atoms with Crippen LogP contribution in [0.25, 0.3) is 21.5 Å². The molecule has 6 aromatic carbocycles. The maximum atomic E-state index is 14.2. The lowest BCUT2D eigenvalue weighted by Gasteiger charge is -2.36. The highest BCUT2D eigenvalue weighted by Crippen LogP contribution is 2.42. The van der Waals surface area contributed by atoms with E-state index in [1.54, 1.807) is 0 Å². The van der Waals surface area contributed by atoms with Gasteiger partial charge in [-0.3, -0.25) is 4.79 Å². The first-order valence-corrected chi connectivity index (χ1v) is 14.5. The van der Waals surface area contributed by atoms with E-state index in [-0.39, 0.29) is 12.3 Å². The Kier molecular flexibility index (Phi) is 8.01. The second-order valence-corrected chi connectivity index (χ2v) is 10.8. The van der Waals surface area contributed by atoms with E-state index in [0.29, 0.717) is 6.42 Å². The molecule has 0 aliphatic rings. The molecule has 0 fully saturated rings. The normalized spacial score (nSPS) is 12.1. The third kappa shape index (κ3) is 5.52. The van der Waals surface area contributed by atoms with Crippen LogP contribution in [-0.4, -0.2) is 25.0 Å². The van der Waals surface area contributed by atoms with Crippen LogP contribution in [0.4, 0.5) is 0 Å². The van der Waals surface area contributed by atoms with Crippen molar-refractivity contribution in [1.29, 1.82) is 0 Å². The molecule has 0 unspecified atom stereocenters. The average molecular weight is 564 g/mol. The number of ether oxygens (including phenoxy) is 1. The third-order valence-corrected chi connectivity index (χ3v) is 8.34. The van der Waals surface area contributed by atoms with E-state index in [2.05, 4.69) is 72.0 Å². The predicted octanol–water partition coefficient (Wildman–Crippen LogP) is 7.62. The van der Waals surface area contributed by atoms with Crippen molar-refractivity contribution in [1.82, 2.24) is 5.32 Å². The highest BCUT2D eigenvalue weighted by molar-refractivity contribution is 6.02. The Morgan fingerprint density at radius 1 is 0.628 bits per heavy atom. The van der Waals surface area contributed by atoms with Gasteiger partial charge in [-0.25, -0.2) is 4.79 Å². The molecule has 0 bridgehead atoms. The van der Waals surface area contributed by atoms with Crippen LogP contribution in [0.1, 0.15) is 28.7 Å². The van der Waals surface area contributed by atoms with Crippen molar-refractivity contribution in [3.8, 4) is 0 Å². The lowest BCUT2D eigenvalue weighted by molar-refractivity contribution is -0.145. The van der Waals surface area contributed by atoms with Gasteiger partial charge < -0.3 is 10.1 Å². The average Bonchev–Trinajstić information content (AvgIpc) is 3.07. The number of hydrogen-bond acceptors (Lipinski definition) is 3. The molecule has 0 heterocycles.